The van der Waals surface area contributed by atoms with Crippen molar-refractivity contribution in [2.75, 3.05) is 13.1 Å². The Morgan fingerprint density at radius 1 is 1.38 bits per heavy atom. The first kappa shape index (κ1) is 14.9. The number of likely N-dealkylation sites (tertiary alicyclic amines) is 2. The summed E-state index contributed by atoms with van der Waals surface area (Å²) in [7, 11) is 0. The fourth-order valence-corrected chi connectivity index (χ4v) is 4.08. The van der Waals surface area contributed by atoms with Crippen molar-refractivity contribution in [2.45, 2.75) is 37.9 Å². The van der Waals surface area contributed by atoms with Crippen LogP contribution in [-0.4, -0.2) is 52.2 Å². The molecule has 2 aliphatic rings. The van der Waals surface area contributed by atoms with Gasteiger partial charge in [-0.2, -0.15) is 0 Å². The van der Waals surface area contributed by atoms with Crippen LogP contribution in [0.5, 0.6) is 0 Å². The van der Waals surface area contributed by atoms with Gasteiger partial charge in [0.1, 0.15) is 0 Å². The van der Waals surface area contributed by atoms with E-state index >= 15 is 0 Å². The van der Waals surface area contributed by atoms with Gasteiger partial charge in [-0.1, -0.05) is 29.3 Å². The van der Waals surface area contributed by atoms with Crippen LogP contribution in [0.4, 0.5) is 4.79 Å². The van der Waals surface area contributed by atoms with Crippen LogP contribution in [0.15, 0.2) is 18.2 Å². The number of piperazine rings is 1. The second-order valence-corrected chi connectivity index (χ2v) is 6.81. The molecule has 21 heavy (non-hydrogen) atoms. The Balaban J connectivity index is 1.65. The molecule has 2 fully saturated rings. The summed E-state index contributed by atoms with van der Waals surface area (Å²) in [6.45, 7) is 3.62. The van der Waals surface area contributed by atoms with Crippen LogP contribution in [0.2, 0.25) is 10.0 Å². The standard InChI is InChI=1S/C15H18Cl2N2O2/c1-9(4-10-2-3-11(16)5-14(10)17)18-7-13-6-12(18)8-19(13)15(20)21/h2-3,5,9,12-13H,4,6-8H2,1H3,(H,20,21). The van der Waals surface area contributed by atoms with E-state index in [9.17, 15) is 4.79 Å². The summed E-state index contributed by atoms with van der Waals surface area (Å²) in [5.74, 6) is 0. The highest BCUT2D eigenvalue weighted by atomic mass is 35.5. The van der Waals surface area contributed by atoms with Crippen molar-refractivity contribution < 1.29 is 9.90 Å². The van der Waals surface area contributed by atoms with Crippen LogP contribution in [0.1, 0.15) is 18.9 Å². The molecule has 114 valence electrons. The summed E-state index contributed by atoms with van der Waals surface area (Å²) < 4.78 is 0. The first-order valence-electron chi connectivity index (χ1n) is 7.15. The molecular weight excluding hydrogens is 311 g/mol. The number of amides is 1. The van der Waals surface area contributed by atoms with Crippen LogP contribution >= 0.6 is 23.2 Å². The summed E-state index contributed by atoms with van der Waals surface area (Å²) in [4.78, 5) is 15.1. The zero-order valence-electron chi connectivity index (χ0n) is 11.8. The Morgan fingerprint density at radius 3 is 2.71 bits per heavy atom. The van der Waals surface area contributed by atoms with E-state index in [0.29, 0.717) is 28.7 Å². The summed E-state index contributed by atoms with van der Waals surface area (Å²) in [6, 6.07) is 6.43. The Bertz CT molecular complexity index is 567. The highest BCUT2D eigenvalue weighted by molar-refractivity contribution is 6.35. The molecule has 1 amide bonds. The van der Waals surface area contributed by atoms with Gasteiger partial charge in [0.05, 0.1) is 0 Å². The van der Waals surface area contributed by atoms with Crippen LogP contribution < -0.4 is 0 Å². The van der Waals surface area contributed by atoms with Gasteiger partial charge in [-0.3, -0.25) is 4.90 Å². The van der Waals surface area contributed by atoms with E-state index in [2.05, 4.69) is 11.8 Å². The number of carboxylic acid groups (broad SMARTS) is 1. The van der Waals surface area contributed by atoms with E-state index in [1.807, 2.05) is 12.1 Å². The molecule has 0 aliphatic carbocycles. The minimum Gasteiger partial charge on any atom is -0.465 e. The fraction of sp³-hybridized carbons (Fsp3) is 0.533. The monoisotopic (exact) mass is 328 g/mol. The van der Waals surface area contributed by atoms with Gasteiger partial charge >= 0.3 is 6.09 Å². The first-order valence-corrected chi connectivity index (χ1v) is 7.90. The summed E-state index contributed by atoms with van der Waals surface area (Å²) in [5.41, 5.74) is 1.09. The molecule has 2 saturated heterocycles. The van der Waals surface area contributed by atoms with Crippen LogP contribution in [-0.2, 0) is 6.42 Å². The quantitative estimate of drug-likeness (QED) is 0.925. The molecule has 6 heteroatoms. The normalized spacial score (nSPS) is 26.3. The van der Waals surface area contributed by atoms with Crippen molar-refractivity contribution >= 4 is 29.3 Å². The second kappa shape index (κ2) is 5.67. The molecule has 1 aromatic carbocycles. The highest BCUT2D eigenvalue weighted by Crippen LogP contribution is 2.33. The van der Waals surface area contributed by atoms with Crippen LogP contribution in [0.25, 0.3) is 0 Å². The zero-order valence-corrected chi connectivity index (χ0v) is 13.3. The van der Waals surface area contributed by atoms with E-state index in [0.717, 1.165) is 24.9 Å². The van der Waals surface area contributed by atoms with Crippen molar-refractivity contribution in [1.29, 1.82) is 0 Å². The molecule has 3 atom stereocenters. The molecule has 3 unspecified atom stereocenters. The summed E-state index contributed by atoms with van der Waals surface area (Å²) in [5, 5.41) is 10.5. The smallest absolute Gasteiger partial charge is 0.407 e. The number of benzene rings is 1. The lowest BCUT2D eigenvalue weighted by Crippen LogP contribution is -2.51. The van der Waals surface area contributed by atoms with Gasteiger partial charge in [0.2, 0.25) is 0 Å². The van der Waals surface area contributed by atoms with Gasteiger partial charge < -0.3 is 10.0 Å². The lowest BCUT2D eigenvalue weighted by Gasteiger charge is -2.36. The van der Waals surface area contributed by atoms with Crippen molar-refractivity contribution in [1.82, 2.24) is 9.80 Å². The molecule has 2 bridgehead atoms. The van der Waals surface area contributed by atoms with Gasteiger partial charge in [0.15, 0.2) is 0 Å². The minimum atomic E-state index is -0.796. The lowest BCUT2D eigenvalue weighted by atomic mass is 10.0. The van der Waals surface area contributed by atoms with Gasteiger partial charge in [-0.15, -0.1) is 0 Å². The third-order valence-corrected chi connectivity index (χ3v) is 5.21. The average Bonchev–Trinajstić information content (AvgIpc) is 3.01. The average molecular weight is 329 g/mol. The molecule has 2 heterocycles. The molecular formula is C15H18Cl2N2O2. The number of halogens is 2. The maximum Gasteiger partial charge on any atom is 0.407 e. The van der Waals surface area contributed by atoms with Gasteiger partial charge in [-0.05, 0) is 37.5 Å². The molecule has 4 nitrogen and oxygen atoms in total. The number of carbonyl (C=O) groups is 1. The van der Waals surface area contributed by atoms with Gasteiger partial charge in [-0.25, -0.2) is 4.79 Å². The van der Waals surface area contributed by atoms with E-state index in [1.54, 1.807) is 11.0 Å². The fourth-order valence-electron chi connectivity index (χ4n) is 3.59. The third kappa shape index (κ3) is 2.85. The first-order chi connectivity index (χ1) is 9.95. The molecule has 1 aromatic rings. The Kier molecular flexibility index (Phi) is 4.04. The number of rotatable bonds is 3. The second-order valence-electron chi connectivity index (χ2n) is 5.96. The van der Waals surface area contributed by atoms with Crippen molar-refractivity contribution in [3.8, 4) is 0 Å². The van der Waals surface area contributed by atoms with Crippen molar-refractivity contribution in [3.63, 3.8) is 0 Å². The summed E-state index contributed by atoms with van der Waals surface area (Å²) >= 11 is 12.2. The van der Waals surface area contributed by atoms with Gasteiger partial charge in [0.25, 0.3) is 0 Å². The molecule has 1 N–H and O–H groups in total. The Morgan fingerprint density at radius 2 is 2.14 bits per heavy atom. The molecule has 2 aliphatic heterocycles. The topological polar surface area (TPSA) is 43.8 Å². The van der Waals surface area contributed by atoms with Crippen molar-refractivity contribution in [2.24, 2.45) is 0 Å². The number of fused-ring (bicyclic) bond motifs is 2. The molecule has 3 rings (SSSR count). The molecule has 0 radical (unpaired) electrons. The minimum absolute atomic E-state index is 0.149. The predicted molar refractivity (Wildman–Crippen MR) is 83.3 cm³/mol. The summed E-state index contributed by atoms with van der Waals surface area (Å²) in [6.07, 6.45) is 1.01. The zero-order chi connectivity index (χ0) is 15.1. The SMILES string of the molecule is CC(Cc1ccc(Cl)cc1Cl)N1CC2CC1CN2C(=O)O. The third-order valence-electron chi connectivity index (χ3n) is 4.63. The van der Waals surface area contributed by atoms with Crippen LogP contribution in [0, 0.1) is 0 Å². The van der Waals surface area contributed by atoms with Gasteiger partial charge in [0, 0.05) is 41.3 Å². The Hall–Kier alpha value is -0.970. The largest absolute Gasteiger partial charge is 0.465 e. The molecule has 0 saturated carbocycles. The van der Waals surface area contributed by atoms with E-state index in [1.165, 1.54) is 0 Å². The highest BCUT2D eigenvalue weighted by Gasteiger charge is 2.46. The maximum atomic E-state index is 11.1. The number of nitrogens with zero attached hydrogens (tertiary/aromatic N) is 2. The van der Waals surface area contributed by atoms with E-state index in [-0.39, 0.29) is 6.04 Å². The van der Waals surface area contributed by atoms with E-state index in [4.69, 9.17) is 28.3 Å². The molecule has 0 aromatic heterocycles. The Labute approximate surface area is 134 Å². The maximum absolute atomic E-state index is 11.1. The van der Waals surface area contributed by atoms with Crippen molar-refractivity contribution in [3.05, 3.63) is 33.8 Å². The van der Waals surface area contributed by atoms with E-state index < -0.39 is 6.09 Å². The number of hydrogen-bond acceptors (Lipinski definition) is 2. The predicted octanol–water partition coefficient (Wildman–Crippen LogP) is 3.36. The molecule has 0 spiro atoms. The van der Waals surface area contributed by atoms with Crippen LogP contribution in [0.3, 0.4) is 0 Å². The number of hydrogen-bond donors (Lipinski definition) is 1. The lowest BCUT2D eigenvalue weighted by molar-refractivity contribution is 0.0862.